The quantitative estimate of drug-likeness (QED) is 0.722. The molecule has 0 atom stereocenters. The maximum atomic E-state index is 13.5. The highest BCUT2D eigenvalue weighted by Gasteiger charge is 2.19. The molecular formula is C11H9FO4. The van der Waals surface area contributed by atoms with Crippen molar-refractivity contribution in [3.05, 3.63) is 47.7 Å². The lowest BCUT2D eigenvalue weighted by atomic mass is 10.1. The second-order valence-corrected chi connectivity index (χ2v) is 3.11. The minimum atomic E-state index is -0.713. The van der Waals surface area contributed by atoms with Gasteiger partial charge in [-0.2, -0.15) is 0 Å². The number of ether oxygens (including phenoxy) is 3. The average Bonchev–Trinajstić information content (AvgIpc) is 2.81. The van der Waals surface area contributed by atoms with E-state index < -0.39 is 18.1 Å². The molecule has 1 aliphatic heterocycles. The summed E-state index contributed by atoms with van der Waals surface area (Å²) in [6.45, 7) is 0. The second-order valence-electron chi connectivity index (χ2n) is 3.11. The lowest BCUT2D eigenvalue weighted by Gasteiger charge is -2.11. The molecule has 84 valence electrons. The molecule has 2 rings (SSSR count). The van der Waals surface area contributed by atoms with Gasteiger partial charge in [0.1, 0.15) is 18.3 Å². The number of rotatable bonds is 2. The van der Waals surface area contributed by atoms with Crippen LogP contribution in [0, 0.1) is 5.82 Å². The first-order chi connectivity index (χ1) is 7.72. The molecule has 0 saturated heterocycles. The van der Waals surface area contributed by atoms with E-state index in [1.165, 1.54) is 31.8 Å². The lowest BCUT2D eigenvalue weighted by molar-refractivity contribution is -0.0248. The van der Waals surface area contributed by atoms with Gasteiger partial charge < -0.3 is 14.2 Å². The number of hydrogen-bond donors (Lipinski definition) is 0. The van der Waals surface area contributed by atoms with E-state index in [4.69, 9.17) is 9.47 Å². The van der Waals surface area contributed by atoms with E-state index in [9.17, 15) is 9.18 Å². The van der Waals surface area contributed by atoms with Crippen molar-refractivity contribution in [1.82, 2.24) is 0 Å². The standard InChI is InChI=1S/C11H9FO4/c1-14-10(13)8-3-2-7(6-9(8)12)11-15-4-5-16-11/h2-6,11H,1H3. The van der Waals surface area contributed by atoms with Crippen LogP contribution in [0.4, 0.5) is 4.39 Å². The molecular weight excluding hydrogens is 215 g/mol. The highest BCUT2D eigenvalue weighted by Crippen LogP contribution is 2.25. The van der Waals surface area contributed by atoms with Crippen molar-refractivity contribution < 1.29 is 23.4 Å². The van der Waals surface area contributed by atoms with Crippen molar-refractivity contribution >= 4 is 5.97 Å². The highest BCUT2D eigenvalue weighted by atomic mass is 19.1. The minimum Gasteiger partial charge on any atom is -0.465 e. The summed E-state index contributed by atoms with van der Waals surface area (Å²) in [4.78, 5) is 11.1. The molecule has 0 amide bonds. The van der Waals surface area contributed by atoms with Crippen LogP contribution in [0.3, 0.4) is 0 Å². The smallest absolute Gasteiger partial charge is 0.340 e. The summed E-state index contributed by atoms with van der Waals surface area (Å²) >= 11 is 0. The summed E-state index contributed by atoms with van der Waals surface area (Å²) < 4.78 is 28.0. The van der Waals surface area contributed by atoms with E-state index in [-0.39, 0.29) is 5.56 Å². The summed E-state index contributed by atoms with van der Waals surface area (Å²) in [6, 6.07) is 4.07. The molecule has 5 heteroatoms. The number of methoxy groups -OCH3 is 1. The zero-order chi connectivity index (χ0) is 11.5. The summed E-state index contributed by atoms with van der Waals surface area (Å²) in [5.74, 6) is -1.38. The van der Waals surface area contributed by atoms with Crippen molar-refractivity contribution in [2.24, 2.45) is 0 Å². The number of carbonyl (C=O) groups is 1. The van der Waals surface area contributed by atoms with Gasteiger partial charge in [-0.3, -0.25) is 0 Å². The van der Waals surface area contributed by atoms with Gasteiger partial charge in [0.25, 0.3) is 6.29 Å². The van der Waals surface area contributed by atoms with Crippen molar-refractivity contribution in [3.63, 3.8) is 0 Å². The van der Waals surface area contributed by atoms with E-state index in [2.05, 4.69) is 4.74 Å². The molecule has 1 heterocycles. The number of esters is 1. The topological polar surface area (TPSA) is 44.8 Å². The van der Waals surface area contributed by atoms with Gasteiger partial charge >= 0.3 is 5.97 Å². The van der Waals surface area contributed by atoms with E-state index in [1.807, 2.05) is 0 Å². The molecule has 1 aliphatic rings. The average molecular weight is 224 g/mol. The van der Waals surface area contributed by atoms with Crippen LogP contribution in [-0.4, -0.2) is 13.1 Å². The van der Waals surface area contributed by atoms with Crippen LogP contribution < -0.4 is 0 Å². The van der Waals surface area contributed by atoms with Crippen molar-refractivity contribution in [1.29, 1.82) is 0 Å². The number of halogens is 1. The van der Waals surface area contributed by atoms with Gasteiger partial charge in [-0.1, -0.05) is 6.07 Å². The summed E-state index contributed by atoms with van der Waals surface area (Å²) in [5, 5.41) is 0. The third-order valence-corrected chi connectivity index (χ3v) is 2.13. The first-order valence-electron chi connectivity index (χ1n) is 4.56. The molecule has 0 N–H and O–H groups in total. The van der Waals surface area contributed by atoms with E-state index in [0.717, 1.165) is 0 Å². The monoisotopic (exact) mass is 224 g/mol. The maximum absolute atomic E-state index is 13.5. The van der Waals surface area contributed by atoms with Crippen LogP contribution >= 0.6 is 0 Å². The van der Waals surface area contributed by atoms with Gasteiger partial charge in [0.2, 0.25) is 0 Å². The Kier molecular flexibility index (Phi) is 2.76. The van der Waals surface area contributed by atoms with Crippen LogP contribution in [0.25, 0.3) is 0 Å². The summed E-state index contributed by atoms with van der Waals surface area (Å²) in [6.07, 6.45) is 2.09. The minimum absolute atomic E-state index is 0.114. The third-order valence-electron chi connectivity index (χ3n) is 2.13. The Labute approximate surface area is 91.2 Å². The molecule has 0 bridgehead atoms. The molecule has 0 unspecified atom stereocenters. The van der Waals surface area contributed by atoms with Gasteiger partial charge in [0.15, 0.2) is 0 Å². The molecule has 0 aliphatic carbocycles. The molecule has 0 radical (unpaired) electrons. The fourth-order valence-electron chi connectivity index (χ4n) is 1.35. The molecule has 4 nitrogen and oxygen atoms in total. The first kappa shape index (κ1) is 10.5. The van der Waals surface area contributed by atoms with Gasteiger partial charge in [-0.05, 0) is 12.1 Å². The van der Waals surface area contributed by atoms with Crippen LogP contribution in [-0.2, 0) is 14.2 Å². The van der Waals surface area contributed by atoms with Crippen LogP contribution in [0.2, 0.25) is 0 Å². The fraction of sp³-hybridized carbons (Fsp3) is 0.182. The Hall–Kier alpha value is -2.04. The van der Waals surface area contributed by atoms with E-state index in [0.29, 0.717) is 5.56 Å². The van der Waals surface area contributed by atoms with E-state index >= 15 is 0 Å². The molecule has 0 aromatic heterocycles. The van der Waals surface area contributed by atoms with Gasteiger partial charge in [0.05, 0.1) is 12.7 Å². The Morgan fingerprint density at radius 2 is 2.06 bits per heavy atom. The molecule has 0 spiro atoms. The summed E-state index contributed by atoms with van der Waals surface area (Å²) in [7, 11) is 1.20. The zero-order valence-corrected chi connectivity index (χ0v) is 8.48. The van der Waals surface area contributed by atoms with Crippen LogP contribution in [0.15, 0.2) is 30.7 Å². The van der Waals surface area contributed by atoms with Gasteiger partial charge in [-0.25, -0.2) is 9.18 Å². The molecule has 0 saturated carbocycles. The number of carbonyl (C=O) groups excluding carboxylic acids is 1. The van der Waals surface area contributed by atoms with E-state index in [1.54, 1.807) is 6.07 Å². The third kappa shape index (κ3) is 1.84. The zero-order valence-electron chi connectivity index (χ0n) is 8.48. The fourth-order valence-corrected chi connectivity index (χ4v) is 1.35. The molecule has 0 fully saturated rings. The first-order valence-corrected chi connectivity index (χ1v) is 4.56. The second kappa shape index (κ2) is 4.22. The van der Waals surface area contributed by atoms with Crippen LogP contribution in [0.1, 0.15) is 22.2 Å². The van der Waals surface area contributed by atoms with Gasteiger partial charge in [0, 0.05) is 5.56 Å². The van der Waals surface area contributed by atoms with Crippen molar-refractivity contribution in [2.45, 2.75) is 6.29 Å². The van der Waals surface area contributed by atoms with Crippen molar-refractivity contribution in [2.75, 3.05) is 7.11 Å². The Balaban J connectivity index is 2.25. The molecule has 1 aromatic carbocycles. The predicted octanol–water partition coefficient (Wildman–Crippen LogP) is 2.13. The highest BCUT2D eigenvalue weighted by molar-refractivity contribution is 5.89. The molecule has 1 aromatic rings. The van der Waals surface area contributed by atoms with Crippen molar-refractivity contribution in [3.8, 4) is 0 Å². The number of benzene rings is 1. The SMILES string of the molecule is COC(=O)c1ccc(C2OC=CO2)cc1F. The van der Waals surface area contributed by atoms with Gasteiger partial charge in [-0.15, -0.1) is 0 Å². The molecule has 16 heavy (non-hydrogen) atoms. The maximum Gasteiger partial charge on any atom is 0.340 e. The Morgan fingerprint density at radius 1 is 1.38 bits per heavy atom. The largest absolute Gasteiger partial charge is 0.465 e. The lowest BCUT2D eigenvalue weighted by Crippen LogP contribution is -2.06. The van der Waals surface area contributed by atoms with Crippen LogP contribution in [0.5, 0.6) is 0 Å². The Morgan fingerprint density at radius 3 is 2.62 bits per heavy atom. The number of hydrogen-bond acceptors (Lipinski definition) is 4. The normalized spacial score (nSPS) is 14.4. The Bertz CT molecular complexity index is 434. The summed E-state index contributed by atoms with van der Waals surface area (Å²) in [5.41, 5.74) is 0.382. The predicted molar refractivity (Wildman–Crippen MR) is 51.8 cm³/mol.